The fourth-order valence-electron chi connectivity index (χ4n) is 2.02. The standard InChI is InChI=1S/C15H12F3N5O3/c1-8-4-20-13(25-7-15(16,17)18)14(21-8)26-9-2-3-11-22-10(12(19)24)6-23(11)5-9/h2-6H,7H2,1H3,(H2,19,24). The topological polar surface area (TPSA) is 105 Å². The van der Waals surface area contributed by atoms with Gasteiger partial charge in [0.25, 0.3) is 17.7 Å². The Hall–Kier alpha value is -3.37. The fourth-order valence-corrected chi connectivity index (χ4v) is 2.02. The molecule has 0 unspecified atom stereocenters. The summed E-state index contributed by atoms with van der Waals surface area (Å²) >= 11 is 0. The molecule has 3 rings (SSSR count). The smallest absolute Gasteiger partial charge is 0.422 e. The first-order chi connectivity index (χ1) is 12.2. The van der Waals surface area contributed by atoms with Crippen molar-refractivity contribution in [2.24, 2.45) is 5.73 Å². The van der Waals surface area contributed by atoms with Gasteiger partial charge in [0.1, 0.15) is 17.1 Å². The number of aromatic nitrogens is 4. The lowest BCUT2D eigenvalue weighted by Gasteiger charge is -2.12. The van der Waals surface area contributed by atoms with E-state index in [2.05, 4.69) is 19.7 Å². The van der Waals surface area contributed by atoms with Crippen molar-refractivity contribution < 1.29 is 27.4 Å². The van der Waals surface area contributed by atoms with Gasteiger partial charge >= 0.3 is 6.18 Å². The summed E-state index contributed by atoms with van der Waals surface area (Å²) in [6, 6.07) is 3.05. The molecule has 0 radical (unpaired) electrons. The summed E-state index contributed by atoms with van der Waals surface area (Å²) in [5.41, 5.74) is 6.10. The van der Waals surface area contributed by atoms with E-state index < -0.39 is 24.6 Å². The molecule has 0 bridgehead atoms. The van der Waals surface area contributed by atoms with Crippen molar-refractivity contribution in [3.8, 4) is 17.5 Å². The number of fused-ring (bicyclic) bond motifs is 1. The minimum atomic E-state index is -4.52. The highest BCUT2D eigenvalue weighted by Gasteiger charge is 2.29. The lowest BCUT2D eigenvalue weighted by Crippen LogP contribution is -2.20. The largest absolute Gasteiger partial charge is 0.464 e. The summed E-state index contributed by atoms with van der Waals surface area (Å²) in [6.07, 6.45) is -0.401. The van der Waals surface area contributed by atoms with E-state index in [1.54, 1.807) is 13.0 Å². The van der Waals surface area contributed by atoms with Crippen LogP contribution in [0.5, 0.6) is 17.5 Å². The van der Waals surface area contributed by atoms with Gasteiger partial charge in [0.05, 0.1) is 18.1 Å². The highest BCUT2D eigenvalue weighted by atomic mass is 19.4. The summed E-state index contributed by atoms with van der Waals surface area (Å²) in [5, 5.41) is 0. The minimum absolute atomic E-state index is 0.0618. The van der Waals surface area contributed by atoms with Gasteiger partial charge in [0.15, 0.2) is 6.61 Å². The number of rotatable bonds is 5. The number of carbonyl (C=O) groups excluding carboxylic acids is 1. The second kappa shape index (κ2) is 6.50. The Morgan fingerprint density at radius 1 is 1.23 bits per heavy atom. The van der Waals surface area contributed by atoms with Crippen molar-refractivity contribution >= 4 is 11.6 Å². The summed E-state index contributed by atoms with van der Waals surface area (Å²) in [4.78, 5) is 23.0. The van der Waals surface area contributed by atoms with E-state index in [-0.39, 0.29) is 17.3 Å². The monoisotopic (exact) mass is 367 g/mol. The molecule has 0 aromatic carbocycles. The molecule has 0 saturated heterocycles. The van der Waals surface area contributed by atoms with Gasteiger partial charge in [0.2, 0.25) is 0 Å². The van der Waals surface area contributed by atoms with Crippen molar-refractivity contribution in [3.05, 3.63) is 42.1 Å². The number of hydrogen-bond acceptors (Lipinski definition) is 6. The van der Waals surface area contributed by atoms with Crippen LogP contribution in [0.2, 0.25) is 0 Å². The van der Waals surface area contributed by atoms with Gasteiger partial charge in [-0.2, -0.15) is 13.2 Å². The van der Waals surface area contributed by atoms with Crippen LogP contribution in [0.15, 0.2) is 30.7 Å². The van der Waals surface area contributed by atoms with Crippen LogP contribution in [-0.2, 0) is 0 Å². The fraction of sp³-hybridized carbons (Fsp3) is 0.200. The van der Waals surface area contributed by atoms with Crippen molar-refractivity contribution in [2.75, 3.05) is 6.61 Å². The van der Waals surface area contributed by atoms with Crippen molar-refractivity contribution in [3.63, 3.8) is 0 Å². The lowest BCUT2D eigenvalue weighted by atomic mass is 10.4. The zero-order valence-corrected chi connectivity index (χ0v) is 13.3. The molecule has 0 fully saturated rings. The Kier molecular flexibility index (Phi) is 4.36. The maximum atomic E-state index is 12.4. The second-order valence-electron chi connectivity index (χ2n) is 5.25. The quantitative estimate of drug-likeness (QED) is 0.742. The first kappa shape index (κ1) is 17.5. The molecule has 0 aliphatic carbocycles. The number of nitrogens with two attached hydrogens (primary N) is 1. The van der Waals surface area contributed by atoms with Crippen LogP contribution >= 0.6 is 0 Å². The van der Waals surface area contributed by atoms with E-state index >= 15 is 0 Å². The lowest BCUT2D eigenvalue weighted by molar-refractivity contribution is -0.154. The Morgan fingerprint density at radius 2 is 2.00 bits per heavy atom. The Balaban J connectivity index is 1.89. The van der Waals surface area contributed by atoms with Crippen LogP contribution in [0, 0.1) is 6.92 Å². The molecule has 2 N–H and O–H groups in total. The molecular formula is C15H12F3N5O3. The van der Waals surface area contributed by atoms with Crippen LogP contribution in [0.4, 0.5) is 13.2 Å². The number of pyridine rings is 1. The predicted octanol–water partition coefficient (Wildman–Crippen LogP) is 2.27. The minimum Gasteiger partial charge on any atom is -0.464 e. The first-order valence-electron chi connectivity index (χ1n) is 7.21. The SMILES string of the molecule is Cc1cnc(OCC(F)(F)F)c(Oc2ccc3nc(C(N)=O)cn3c2)n1. The van der Waals surface area contributed by atoms with Gasteiger partial charge in [0, 0.05) is 6.20 Å². The van der Waals surface area contributed by atoms with E-state index in [9.17, 15) is 18.0 Å². The normalized spacial score (nSPS) is 11.5. The van der Waals surface area contributed by atoms with E-state index in [0.717, 1.165) is 0 Å². The zero-order chi connectivity index (χ0) is 18.9. The molecule has 3 heterocycles. The highest BCUT2D eigenvalue weighted by Crippen LogP contribution is 2.29. The number of alkyl halides is 3. The number of halogens is 3. The number of hydrogen-bond donors (Lipinski definition) is 1. The molecule has 136 valence electrons. The van der Waals surface area contributed by atoms with Crippen LogP contribution < -0.4 is 15.2 Å². The molecule has 0 saturated carbocycles. The van der Waals surface area contributed by atoms with Crippen LogP contribution in [-0.4, -0.2) is 38.0 Å². The summed E-state index contributed by atoms with van der Waals surface area (Å²) in [7, 11) is 0. The Morgan fingerprint density at radius 3 is 2.69 bits per heavy atom. The zero-order valence-electron chi connectivity index (χ0n) is 13.3. The molecule has 0 aliphatic heterocycles. The maximum Gasteiger partial charge on any atom is 0.422 e. The molecule has 11 heteroatoms. The van der Waals surface area contributed by atoms with Crippen molar-refractivity contribution in [2.45, 2.75) is 13.1 Å². The van der Waals surface area contributed by atoms with E-state index in [1.807, 2.05) is 0 Å². The first-order valence-corrected chi connectivity index (χ1v) is 7.21. The molecular weight excluding hydrogens is 355 g/mol. The molecule has 1 amide bonds. The predicted molar refractivity (Wildman–Crippen MR) is 82.1 cm³/mol. The van der Waals surface area contributed by atoms with Gasteiger partial charge in [-0.05, 0) is 19.1 Å². The van der Waals surface area contributed by atoms with Gasteiger partial charge in [-0.3, -0.25) is 4.79 Å². The number of amides is 1. The van der Waals surface area contributed by atoms with Crippen molar-refractivity contribution in [1.82, 2.24) is 19.4 Å². The van der Waals surface area contributed by atoms with E-state index in [0.29, 0.717) is 11.3 Å². The number of imidazole rings is 1. The van der Waals surface area contributed by atoms with Crippen LogP contribution in [0.25, 0.3) is 5.65 Å². The molecule has 3 aromatic rings. The molecule has 0 aliphatic rings. The molecule has 8 nitrogen and oxygen atoms in total. The number of carbonyl (C=O) groups is 1. The van der Waals surface area contributed by atoms with Gasteiger partial charge in [-0.25, -0.2) is 15.0 Å². The van der Waals surface area contributed by atoms with Crippen molar-refractivity contribution in [1.29, 1.82) is 0 Å². The molecule has 26 heavy (non-hydrogen) atoms. The van der Waals surface area contributed by atoms with Crippen LogP contribution in [0.1, 0.15) is 16.2 Å². The molecule has 3 aromatic heterocycles. The van der Waals surface area contributed by atoms with Crippen LogP contribution in [0.3, 0.4) is 0 Å². The van der Waals surface area contributed by atoms with E-state index in [1.165, 1.54) is 29.1 Å². The van der Waals surface area contributed by atoms with Gasteiger partial charge in [-0.15, -0.1) is 0 Å². The number of aryl methyl sites for hydroxylation is 1. The highest BCUT2D eigenvalue weighted by molar-refractivity contribution is 5.91. The number of nitrogens with zero attached hydrogens (tertiary/aromatic N) is 4. The van der Waals surface area contributed by atoms with Gasteiger partial charge in [-0.1, -0.05) is 0 Å². The second-order valence-corrected chi connectivity index (χ2v) is 5.25. The average Bonchev–Trinajstić information content (AvgIpc) is 2.97. The Bertz CT molecular complexity index is 971. The van der Waals surface area contributed by atoms with Gasteiger partial charge < -0.3 is 19.6 Å². The number of primary amides is 1. The number of ether oxygens (including phenoxy) is 2. The summed E-state index contributed by atoms with van der Waals surface area (Å²) < 4.78 is 48.7. The molecule has 0 atom stereocenters. The summed E-state index contributed by atoms with van der Waals surface area (Å²) in [5.74, 6) is -1.08. The third-order valence-electron chi connectivity index (χ3n) is 3.09. The average molecular weight is 367 g/mol. The third kappa shape index (κ3) is 3.99. The van der Waals surface area contributed by atoms with E-state index in [4.69, 9.17) is 10.5 Å². The molecule has 0 spiro atoms. The Labute approximate surface area is 144 Å². The summed E-state index contributed by atoms with van der Waals surface area (Å²) in [6.45, 7) is 0.0786. The third-order valence-corrected chi connectivity index (χ3v) is 3.09. The maximum absolute atomic E-state index is 12.4.